The van der Waals surface area contributed by atoms with E-state index in [1.807, 2.05) is 0 Å². The fraction of sp³-hybridized carbons (Fsp3) is 0.500. The van der Waals surface area contributed by atoms with E-state index in [0.717, 1.165) is 11.5 Å². The van der Waals surface area contributed by atoms with Crippen molar-refractivity contribution in [1.29, 1.82) is 0 Å². The Kier molecular flexibility index (Phi) is 2.56. The normalized spacial score (nSPS) is 11.3. The highest BCUT2D eigenvalue weighted by Gasteiger charge is 2.19. The van der Waals surface area contributed by atoms with E-state index in [4.69, 9.17) is 10.5 Å². The van der Waals surface area contributed by atoms with Gasteiger partial charge in [-0.3, -0.25) is 0 Å². The zero-order valence-corrected chi connectivity index (χ0v) is 8.64. The first-order valence-electron chi connectivity index (χ1n) is 3.84. The second-order valence-corrected chi connectivity index (χ2v) is 4.45. The molecule has 1 heterocycles. The van der Waals surface area contributed by atoms with Crippen LogP contribution in [0.3, 0.4) is 0 Å². The van der Waals surface area contributed by atoms with Crippen molar-refractivity contribution in [2.45, 2.75) is 26.4 Å². The molecule has 1 aromatic rings. The van der Waals surface area contributed by atoms with Crippen molar-refractivity contribution in [1.82, 2.24) is 4.37 Å². The summed E-state index contributed by atoms with van der Waals surface area (Å²) < 4.78 is 8.93. The molecular weight excluding hydrogens is 188 g/mol. The number of hydrogen-bond acceptors (Lipinski definition) is 5. The van der Waals surface area contributed by atoms with E-state index in [9.17, 15) is 4.79 Å². The predicted molar refractivity (Wildman–Crippen MR) is 51.7 cm³/mol. The Bertz CT molecular complexity index is 314. The van der Waals surface area contributed by atoms with Gasteiger partial charge in [0.2, 0.25) is 0 Å². The van der Waals surface area contributed by atoms with Gasteiger partial charge >= 0.3 is 5.97 Å². The molecule has 0 aliphatic heterocycles. The lowest BCUT2D eigenvalue weighted by atomic mass is 10.2. The maximum atomic E-state index is 11.3. The zero-order valence-electron chi connectivity index (χ0n) is 7.83. The third-order valence-electron chi connectivity index (χ3n) is 1.14. The predicted octanol–water partition coefficient (Wildman–Crippen LogP) is 1.68. The number of carbonyl (C=O) groups is 1. The molecule has 2 N–H and O–H groups in total. The van der Waals surface area contributed by atoms with Crippen LogP contribution in [0.4, 0.5) is 5.00 Å². The van der Waals surface area contributed by atoms with Gasteiger partial charge in [0.1, 0.15) is 10.6 Å². The summed E-state index contributed by atoms with van der Waals surface area (Å²) in [5.74, 6) is -0.430. The van der Waals surface area contributed by atoms with Crippen molar-refractivity contribution < 1.29 is 9.53 Å². The number of nitrogens with zero attached hydrogens (tertiary/aromatic N) is 1. The van der Waals surface area contributed by atoms with Gasteiger partial charge in [0.15, 0.2) is 5.69 Å². The molecule has 0 radical (unpaired) electrons. The summed E-state index contributed by atoms with van der Waals surface area (Å²) in [6.45, 7) is 5.42. The number of ether oxygens (including phenoxy) is 1. The molecule has 0 amide bonds. The second kappa shape index (κ2) is 3.33. The first-order chi connectivity index (χ1) is 5.88. The van der Waals surface area contributed by atoms with Crippen LogP contribution in [0.2, 0.25) is 0 Å². The monoisotopic (exact) mass is 200 g/mol. The van der Waals surface area contributed by atoms with Gasteiger partial charge in [-0.05, 0) is 32.3 Å². The molecule has 0 aliphatic carbocycles. The van der Waals surface area contributed by atoms with E-state index < -0.39 is 11.6 Å². The minimum Gasteiger partial charge on any atom is -0.455 e. The van der Waals surface area contributed by atoms with Gasteiger partial charge in [0.05, 0.1) is 0 Å². The van der Waals surface area contributed by atoms with Crippen molar-refractivity contribution in [2.75, 3.05) is 5.73 Å². The van der Waals surface area contributed by atoms with E-state index in [2.05, 4.69) is 4.37 Å². The van der Waals surface area contributed by atoms with Crippen LogP contribution in [0.25, 0.3) is 0 Å². The number of nitrogen functional groups attached to an aromatic ring is 1. The molecule has 0 aromatic carbocycles. The van der Waals surface area contributed by atoms with Gasteiger partial charge < -0.3 is 10.5 Å². The fourth-order valence-electron chi connectivity index (χ4n) is 0.716. The molecule has 1 rings (SSSR count). The van der Waals surface area contributed by atoms with Crippen molar-refractivity contribution in [3.05, 3.63) is 11.8 Å². The van der Waals surface area contributed by atoms with Crippen LogP contribution in [-0.2, 0) is 4.74 Å². The Labute approximate surface area is 80.9 Å². The fourth-order valence-corrected chi connectivity index (χ4v) is 1.21. The maximum absolute atomic E-state index is 11.3. The number of aromatic nitrogens is 1. The van der Waals surface area contributed by atoms with Crippen molar-refractivity contribution in [2.24, 2.45) is 0 Å². The first-order valence-corrected chi connectivity index (χ1v) is 4.61. The van der Waals surface area contributed by atoms with Crippen molar-refractivity contribution in [3.63, 3.8) is 0 Å². The third kappa shape index (κ3) is 3.02. The van der Waals surface area contributed by atoms with Crippen molar-refractivity contribution >= 4 is 22.5 Å². The summed E-state index contributed by atoms with van der Waals surface area (Å²) in [5, 5.41) is 0.515. The molecule has 0 atom stereocenters. The van der Waals surface area contributed by atoms with Crippen LogP contribution in [0.5, 0.6) is 0 Å². The van der Waals surface area contributed by atoms with Gasteiger partial charge in [-0.1, -0.05) is 0 Å². The molecule has 0 unspecified atom stereocenters. The largest absolute Gasteiger partial charge is 0.455 e. The second-order valence-electron chi connectivity index (χ2n) is 3.62. The lowest BCUT2D eigenvalue weighted by Crippen LogP contribution is -2.23. The molecule has 0 aliphatic rings. The SMILES string of the molecule is CC(C)(C)OC(=O)c1cc(N)sn1. The molecule has 5 heteroatoms. The average Bonchev–Trinajstić information content (AvgIpc) is 2.31. The molecule has 72 valence electrons. The van der Waals surface area contributed by atoms with Gasteiger partial charge in [-0.15, -0.1) is 0 Å². The molecule has 0 fully saturated rings. The number of anilines is 1. The summed E-state index contributed by atoms with van der Waals surface area (Å²) in [5.41, 5.74) is 5.21. The Morgan fingerprint density at radius 2 is 2.23 bits per heavy atom. The Hall–Kier alpha value is -1.10. The quantitative estimate of drug-likeness (QED) is 0.700. The van der Waals surface area contributed by atoms with E-state index in [-0.39, 0.29) is 5.69 Å². The van der Waals surface area contributed by atoms with Crippen molar-refractivity contribution in [3.8, 4) is 0 Å². The van der Waals surface area contributed by atoms with Crippen LogP contribution in [-0.4, -0.2) is 15.9 Å². The third-order valence-corrected chi connectivity index (χ3v) is 1.75. The number of carbonyl (C=O) groups excluding carboxylic acids is 1. The summed E-state index contributed by atoms with van der Waals surface area (Å²) in [4.78, 5) is 11.3. The minimum atomic E-state index is -0.491. The molecule has 0 saturated carbocycles. The number of rotatable bonds is 1. The van der Waals surface area contributed by atoms with Gasteiger partial charge in [0, 0.05) is 6.07 Å². The molecule has 13 heavy (non-hydrogen) atoms. The molecular formula is C8H12N2O2S. The van der Waals surface area contributed by atoms with E-state index in [1.165, 1.54) is 6.07 Å². The molecule has 0 spiro atoms. The van der Waals surface area contributed by atoms with Crippen LogP contribution in [0, 0.1) is 0 Å². The highest BCUT2D eigenvalue weighted by molar-refractivity contribution is 7.10. The zero-order chi connectivity index (χ0) is 10.1. The Morgan fingerprint density at radius 1 is 1.62 bits per heavy atom. The minimum absolute atomic E-state index is 0.275. The molecule has 0 saturated heterocycles. The Morgan fingerprint density at radius 3 is 2.62 bits per heavy atom. The van der Waals surface area contributed by atoms with Crippen LogP contribution in [0.1, 0.15) is 31.3 Å². The highest BCUT2D eigenvalue weighted by atomic mass is 32.1. The lowest BCUT2D eigenvalue weighted by molar-refractivity contribution is 0.00643. The molecule has 4 nitrogen and oxygen atoms in total. The standard InChI is InChI=1S/C8H12N2O2S/c1-8(2,3)12-7(11)5-4-6(9)13-10-5/h4H,9H2,1-3H3. The topological polar surface area (TPSA) is 65.2 Å². The smallest absolute Gasteiger partial charge is 0.358 e. The number of esters is 1. The maximum Gasteiger partial charge on any atom is 0.358 e. The van der Waals surface area contributed by atoms with Crippen LogP contribution >= 0.6 is 11.5 Å². The van der Waals surface area contributed by atoms with Crippen LogP contribution < -0.4 is 5.73 Å². The molecule has 1 aromatic heterocycles. The van der Waals surface area contributed by atoms with Gasteiger partial charge in [-0.25, -0.2) is 4.79 Å². The number of hydrogen-bond donors (Lipinski definition) is 1. The number of nitrogens with two attached hydrogens (primary N) is 1. The van der Waals surface area contributed by atoms with Crippen LogP contribution in [0.15, 0.2) is 6.07 Å². The van der Waals surface area contributed by atoms with Gasteiger partial charge in [-0.2, -0.15) is 4.37 Å². The Balaban J connectivity index is 2.70. The summed E-state index contributed by atoms with van der Waals surface area (Å²) in [7, 11) is 0. The van der Waals surface area contributed by atoms with E-state index in [0.29, 0.717) is 5.00 Å². The summed E-state index contributed by atoms with van der Waals surface area (Å²) in [6.07, 6.45) is 0. The summed E-state index contributed by atoms with van der Waals surface area (Å²) in [6, 6.07) is 1.51. The first kappa shape index (κ1) is 9.98. The van der Waals surface area contributed by atoms with E-state index >= 15 is 0 Å². The van der Waals surface area contributed by atoms with Gasteiger partial charge in [0.25, 0.3) is 0 Å². The lowest BCUT2D eigenvalue weighted by Gasteiger charge is -2.18. The highest BCUT2D eigenvalue weighted by Crippen LogP contribution is 2.15. The average molecular weight is 200 g/mol. The molecule has 0 bridgehead atoms. The summed E-state index contributed by atoms with van der Waals surface area (Å²) >= 11 is 1.09. The van der Waals surface area contributed by atoms with E-state index in [1.54, 1.807) is 20.8 Å².